The van der Waals surface area contributed by atoms with E-state index in [1.54, 1.807) is 4.90 Å². The quantitative estimate of drug-likeness (QED) is 0.521. The number of hydrogen-bond acceptors (Lipinski definition) is 3. The van der Waals surface area contributed by atoms with Crippen LogP contribution in [-0.4, -0.2) is 42.9 Å². The average molecular weight is 410 g/mol. The summed E-state index contributed by atoms with van der Waals surface area (Å²) in [6, 6.07) is 19.3. The van der Waals surface area contributed by atoms with Gasteiger partial charge in [-0.3, -0.25) is 14.5 Å². The van der Waals surface area contributed by atoms with Gasteiger partial charge in [0.1, 0.15) is 0 Å². The van der Waals surface area contributed by atoms with Gasteiger partial charge in [-0.25, -0.2) is 0 Å². The highest BCUT2D eigenvalue weighted by atomic mass is 16.2. The molecule has 0 bridgehead atoms. The van der Waals surface area contributed by atoms with Gasteiger partial charge < -0.3 is 10.2 Å². The van der Waals surface area contributed by atoms with Crippen molar-refractivity contribution in [3.8, 4) is 0 Å². The number of amides is 2. The number of nitrogens with zero attached hydrogens (tertiary/aromatic N) is 2. The van der Waals surface area contributed by atoms with E-state index >= 15 is 0 Å². The maximum absolute atomic E-state index is 13.1. The number of nitrogens with one attached hydrogen (secondary N) is 1. The molecule has 2 amide bonds. The zero-order valence-corrected chi connectivity index (χ0v) is 18.5. The predicted octanol–water partition coefficient (Wildman–Crippen LogP) is 4.62. The van der Waals surface area contributed by atoms with Gasteiger partial charge >= 0.3 is 0 Å². The molecule has 0 fully saturated rings. The van der Waals surface area contributed by atoms with Crippen LogP contribution in [0.4, 0.5) is 11.4 Å². The molecule has 0 radical (unpaired) electrons. The summed E-state index contributed by atoms with van der Waals surface area (Å²) in [6.07, 6.45) is 1.61. The molecule has 0 heterocycles. The molecule has 2 aromatic carbocycles. The Labute approximate surface area is 181 Å². The number of anilines is 2. The molecule has 0 saturated carbocycles. The van der Waals surface area contributed by atoms with Crippen molar-refractivity contribution in [3.63, 3.8) is 0 Å². The lowest BCUT2D eigenvalue weighted by Gasteiger charge is -2.24. The van der Waals surface area contributed by atoms with Crippen molar-refractivity contribution in [1.29, 1.82) is 0 Å². The van der Waals surface area contributed by atoms with Crippen LogP contribution in [0.5, 0.6) is 0 Å². The Hall–Kier alpha value is -2.66. The maximum atomic E-state index is 13.1. The third-order valence-corrected chi connectivity index (χ3v) is 5.20. The molecule has 162 valence electrons. The third kappa shape index (κ3) is 7.64. The van der Waals surface area contributed by atoms with Crippen molar-refractivity contribution in [2.45, 2.75) is 40.0 Å². The highest BCUT2D eigenvalue weighted by Crippen LogP contribution is 2.27. The van der Waals surface area contributed by atoms with Crippen LogP contribution >= 0.6 is 0 Å². The van der Waals surface area contributed by atoms with E-state index in [4.69, 9.17) is 0 Å². The first kappa shape index (κ1) is 23.6. The van der Waals surface area contributed by atoms with Crippen molar-refractivity contribution >= 4 is 23.2 Å². The Kier molecular flexibility index (Phi) is 10.1. The van der Waals surface area contributed by atoms with Crippen LogP contribution in [0, 0.1) is 5.92 Å². The maximum Gasteiger partial charge on any atom is 0.231 e. The summed E-state index contributed by atoms with van der Waals surface area (Å²) in [7, 11) is 0. The topological polar surface area (TPSA) is 52.7 Å². The van der Waals surface area contributed by atoms with Crippen molar-refractivity contribution in [2.24, 2.45) is 5.92 Å². The van der Waals surface area contributed by atoms with Crippen molar-refractivity contribution < 1.29 is 9.59 Å². The van der Waals surface area contributed by atoms with Gasteiger partial charge in [0.15, 0.2) is 0 Å². The van der Waals surface area contributed by atoms with Crippen molar-refractivity contribution in [3.05, 3.63) is 60.7 Å². The summed E-state index contributed by atoms with van der Waals surface area (Å²) < 4.78 is 0. The van der Waals surface area contributed by atoms with Gasteiger partial charge in [-0.15, -0.1) is 0 Å². The van der Waals surface area contributed by atoms with E-state index in [2.05, 4.69) is 24.1 Å². The lowest BCUT2D eigenvalue weighted by atomic mass is 10.0. The predicted molar refractivity (Wildman–Crippen MR) is 124 cm³/mol. The van der Waals surface area contributed by atoms with Crippen LogP contribution in [0.25, 0.3) is 0 Å². The zero-order chi connectivity index (χ0) is 21.8. The SMILES string of the molecule is CCN(CC)CCCNC(=O)C[C@H](C)CC(=O)N(c1ccccc1)c1ccccc1. The number of carbonyl (C=O) groups is 2. The van der Waals surface area contributed by atoms with E-state index in [9.17, 15) is 9.59 Å². The molecule has 30 heavy (non-hydrogen) atoms. The normalized spacial score (nSPS) is 11.9. The minimum atomic E-state index is -0.0322. The van der Waals surface area contributed by atoms with Gasteiger partial charge in [0.25, 0.3) is 0 Å². The molecule has 5 heteroatoms. The molecule has 0 unspecified atom stereocenters. The summed E-state index contributed by atoms with van der Waals surface area (Å²) in [6.45, 7) is 9.98. The summed E-state index contributed by atoms with van der Waals surface area (Å²) in [5, 5.41) is 2.99. The second-order valence-electron chi connectivity index (χ2n) is 7.64. The van der Waals surface area contributed by atoms with E-state index < -0.39 is 0 Å². The van der Waals surface area contributed by atoms with Crippen LogP contribution < -0.4 is 10.2 Å². The van der Waals surface area contributed by atoms with E-state index in [1.165, 1.54) is 0 Å². The number of rotatable bonds is 12. The first-order valence-corrected chi connectivity index (χ1v) is 11.0. The highest BCUT2D eigenvalue weighted by Gasteiger charge is 2.21. The monoisotopic (exact) mass is 409 g/mol. The number of carbonyl (C=O) groups excluding carboxylic acids is 2. The number of hydrogen-bond donors (Lipinski definition) is 1. The molecular formula is C25H35N3O2. The fourth-order valence-corrected chi connectivity index (χ4v) is 3.51. The third-order valence-electron chi connectivity index (χ3n) is 5.20. The Morgan fingerprint density at radius 2 is 1.40 bits per heavy atom. The lowest BCUT2D eigenvalue weighted by molar-refractivity contribution is -0.122. The minimum Gasteiger partial charge on any atom is -0.356 e. The number of para-hydroxylation sites is 2. The van der Waals surface area contributed by atoms with Crippen LogP contribution in [-0.2, 0) is 9.59 Å². The van der Waals surface area contributed by atoms with Gasteiger partial charge in [-0.05, 0) is 56.2 Å². The lowest BCUT2D eigenvalue weighted by Crippen LogP contribution is -2.32. The Balaban J connectivity index is 1.88. The summed E-state index contributed by atoms with van der Waals surface area (Å²) in [5.74, 6) is -0.0229. The fourth-order valence-electron chi connectivity index (χ4n) is 3.51. The smallest absolute Gasteiger partial charge is 0.231 e. The average Bonchev–Trinajstić information content (AvgIpc) is 2.75. The van der Waals surface area contributed by atoms with Crippen molar-refractivity contribution in [2.75, 3.05) is 31.1 Å². The van der Waals surface area contributed by atoms with Gasteiger partial charge in [-0.1, -0.05) is 57.2 Å². The van der Waals surface area contributed by atoms with E-state index in [-0.39, 0.29) is 17.7 Å². The van der Waals surface area contributed by atoms with E-state index in [1.807, 2.05) is 67.6 Å². The molecule has 0 aliphatic rings. The van der Waals surface area contributed by atoms with Gasteiger partial charge in [-0.2, -0.15) is 0 Å². The first-order valence-electron chi connectivity index (χ1n) is 11.0. The fraction of sp³-hybridized carbons (Fsp3) is 0.440. The Bertz CT molecular complexity index is 721. The van der Waals surface area contributed by atoms with E-state index in [0.29, 0.717) is 19.4 Å². The van der Waals surface area contributed by atoms with Gasteiger partial charge in [0.05, 0.1) is 0 Å². The first-order chi connectivity index (χ1) is 14.5. The van der Waals surface area contributed by atoms with E-state index in [0.717, 1.165) is 37.4 Å². The second kappa shape index (κ2) is 12.8. The Morgan fingerprint density at radius 3 is 1.90 bits per heavy atom. The molecule has 1 N–H and O–H groups in total. The highest BCUT2D eigenvalue weighted by molar-refractivity contribution is 6.00. The standard InChI is InChI=1S/C25H35N3O2/c1-4-27(5-2)18-12-17-26-24(29)19-21(3)20-25(30)28(22-13-8-6-9-14-22)23-15-10-7-11-16-23/h6-11,13-16,21H,4-5,12,17-20H2,1-3H3,(H,26,29)/t21-/m0/s1. The number of benzene rings is 2. The Morgan fingerprint density at radius 1 is 0.867 bits per heavy atom. The van der Waals surface area contributed by atoms with Gasteiger partial charge in [0, 0.05) is 30.8 Å². The van der Waals surface area contributed by atoms with Crippen LogP contribution in [0.2, 0.25) is 0 Å². The van der Waals surface area contributed by atoms with Gasteiger partial charge in [0.2, 0.25) is 11.8 Å². The second-order valence-corrected chi connectivity index (χ2v) is 7.64. The molecule has 0 aromatic heterocycles. The van der Waals surface area contributed by atoms with Crippen molar-refractivity contribution in [1.82, 2.24) is 10.2 Å². The molecule has 2 rings (SSSR count). The molecular weight excluding hydrogens is 374 g/mol. The molecule has 0 saturated heterocycles. The van der Waals surface area contributed by atoms with Crippen LogP contribution in [0.1, 0.15) is 40.0 Å². The largest absolute Gasteiger partial charge is 0.356 e. The molecule has 0 aliphatic carbocycles. The minimum absolute atomic E-state index is 0.00534. The molecule has 0 aliphatic heterocycles. The summed E-state index contributed by atoms with van der Waals surface area (Å²) in [5.41, 5.74) is 1.67. The summed E-state index contributed by atoms with van der Waals surface area (Å²) in [4.78, 5) is 29.5. The molecule has 5 nitrogen and oxygen atoms in total. The molecule has 1 atom stereocenters. The molecule has 2 aromatic rings. The summed E-state index contributed by atoms with van der Waals surface area (Å²) >= 11 is 0. The van der Waals surface area contributed by atoms with Crippen LogP contribution in [0.3, 0.4) is 0 Å². The van der Waals surface area contributed by atoms with Crippen LogP contribution in [0.15, 0.2) is 60.7 Å². The molecule has 0 spiro atoms. The zero-order valence-electron chi connectivity index (χ0n) is 18.5.